The standard InChI is InChI=1S/C23H38O5Si/c1-15-12-16-13-22(18(24)26-6,19(25)27-7)14-17(16)21(5)10-11-23(15,21)28-29(8,9)20(2,3)4/h12,15,17H,10-11,13-14H2,1-9H3/t15-,17+,21-,23-/m1/s1. The lowest BCUT2D eigenvalue weighted by Gasteiger charge is -2.67. The minimum atomic E-state index is -1.99. The normalized spacial score (nSPS) is 35.7. The lowest BCUT2D eigenvalue weighted by molar-refractivity contribution is -0.198. The molecule has 5 nitrogen and oxygen atoms in total. The van der Waals surface area contributed by atoms with Crippen LogP contribution in [0.5, 0.6) is 0 Å². The van der Waals surface area contributed by atoms with Crippen molar-refractivity contribution in [2.24, 2.45) is 22.7 Å². The Morgan fingerprint density at radius 2 is 1.66 bits per heavy atom. The quantitative estimate of drug-likeness (QED) is 0.280. The molecule has 0 unspecified atom stereocenters. The summed E-state index contributed by atoms with van der Waals surface area (Å²) >= 11 is 0. The zero-order valence-electron chi connectivity index (χ0n) is 19.6. The second-order valence-electron chi connectivity index (χ2n) is 11.2. The minimum Gasteiger partial charge on any atom is -0.468 e. The Morgan fingerprint density at radius 3 is 2.07 bits per heavy atom. The van der Waals surface area contributed by atoms with Crippen LogP contribution in [0.15, 0.2) is 11.6 Å². The number of fused-ring (bicyclic) bond motifs is 3. The molecular formula is C23H38O5Si. The number of ether oxygens (including phenoxy) is 2. The maximum Gasteiger partial charge on any atom is 0.323 e. The van der Waals surface area contributed by atoms with Crippen LogP contribution in [0.25, 0.3) is 0 Å². The van der Waals surface area contributed by atoms with Crippen LogP contribution >= 0.6 is 0 Å². The molecule has 3 aliphatic rings. The largest absolute Gasteiger partial charge is 0.468 e. The van der Waals surface area contributed by atoms with Gasteiger partial charge in [-0.25, -0.2) is 0 Å². The molecule has 2 saturated carbocycles. The second-order valence-corrected chi connectivity index (χ2v) is 15.9. The Kier molecular flexibility index (Phi) is 5.19. The molecule has 4 atom stereocenters. The number of allylic oxidation sites excluding steroid dienone is 1. The summed E-state index contributed by atoms with van der Waals surface area (Å²) in [5, 5.41) is 0.124. The maximum atomic E-state index is 12.7. The van der Waals surface area contributed by atoms with Crippen LogP contribution in [0.4, 0.5) is 0 Å². The predicted octanol–water partition coefficient (Wildman–Crippen LogP) is 4.87. The zero-order chi connectivity index (χ0) is 22.0. The number of rotatable bonds is 4. The van der Waals surface area contributed by atoms with E-state index in [-0.39, 0.29) is 27.9 Å². The van der Waals surface area contributed by atoms with Crippen molar-refractivity contribution in [2.75, 3.05) is 14.2 Å². The van der Waals surface area contributed by atoms with Gasteiger partial charge < -0.3 is 13.9 Å². The molecule has 0 bridgehead atoms. The second kappa shape index (κ2) is 6.68. The zero-order valence-corrected chi connectivity index (χ0v) is 20.6. The topological polar surface area (TPSA) is 61.8 Å². The first kappa shape index (κ1) is 22.5. The first-order valence-corrected chi connectivity index (χ1v) is 13.7. The van der Waals surface area contributed by atoms with Crippen LogP contribution in [0.1, 0.15) is 60.3 Å². The van der Waals surface area contributed by atoms with Gasteiger partial charge in [-0.2, -0.15) is 0 Å². The van der Waals surface area contributed by atoms with Crippen molar-refractivity contribution < 1.29 is 23.5 Å². The van der Waals surface area contributed by atoms with E-state index in [1.165, 1.54) is 19.8 Å². The smallest absolute Gasteiger partial charge is 0.323 e. The fourth-order valence-electron chi connectivity index (χ4n) is 5.93. The van der Waals surface area contributed by atoms with Crippen LogP contribution in [0.2, 0.25) is 18.1 Å². The molecule has 0 aliphatic heterocycles. The average Bonchev–Trinajstić information content (AvgIpc) is 3.02. The molecule has 6 heteroatoms. The average molecular weight is 423 g/mol. The first-order valence-electron chi connectivity index (χ1n) is 10.8. The third-order valence-corrected chi connectivity index (χ3v) is 13.3. The molecular weight excluding hydrogens is 384 g/mol. The van der Waals surface area contributed by atoms with Gasteiger partial charge in [0, 0.05) is 11.3 Å². The van der Waals surface area contributed by atoms with Crippen molar-refractivity contribution >= 4 is 20.3 Å². The monoisotopic (exact) mass is 422 g/mol. The summed E-state index contributed by atoms with van der Waals surface area (Å²) in [6.45, 7) is 16.0. The van der Waals surface area contributed by atoms with Crippen molar-refractivity contribution in [1.82, 2.24) is 0 Å². The van der Waals surface area contributed by atoms with Gasteiger partial charge in [0.1, 0.15) is 0 Å². The summed E-state index contributed by atoms with van der Waals surface area (Å²) in [4.78, 5) is 25.5. The molecule has 3 rings (SSSR count). The summed E-state index contributed by atoms with van der Waals surface area (Å²) in [6.07, 6.45) is 5.21. The van der Waals surface area contributed by atoms with E-state index in [2.05, 4.69) is 53.8 Å². The number of methoxy groups -OCH3 is 2. The highest BCUT2D eigenvalue weighted by Gasteiger charge is 2.71. The fourth-order valence-corrected chi connectivity index (χ4v) is 7.66. The van der Waals surface area contributed by atoms with Gasteiger partial charge in [0.15, 0.2) is 13.7 Å². The molecule has 0 saturated heterocycles. The Labute approximate surface area is 176 Å². The van der Waals surface area contributed by atoms with E-state index in [1.54, 1.807) is 0 Å². The molecule has 0 N–H and O–H groups in total. The summed E-state index contributed by atoms with van der Waals surface area (Å²) < 4.78 is 17.3. The lowest BCUT2D eigenvalue weighted by Crippen LogP contribution is -2.69. The van der Waals surface area contributed by atoms with Crippen LogP contribution in [-0.2, 0) is 23.5 Å². The number of hydrogen-bond acceptors (Lipinski definition) is 5. The molecule has 0 aromatic carbocycles. The highest BCUT2D eigenvalue weighted by atomic mass is 28.4. The van der Waals surface area contributed by atoms with E-state index in [0.717, 1.165) is 12.8 Å². The van der Waals surface area contributed by atoms with E-state index in [1.807, 2.05) is 0 Å². The SMILES string of the molecule is COC(=O)C1(C(=O)OC)CC2=C[C@@H](C)[C@]3(O[Si](C)(C)C(C)(C)C)CC[C@]3(C)[C@H]2C1. The van der Waals surface area contributed by atoms with Crippen LogP contribution in [0.3, 0.4) is 0 Å². The van der Waals surface area contributed by atoms with Crippen molar-refractivity contribution in [3.05, 3.63) is 11.6 Å². The molecule has 0 amide bonds. The molecule has 0 aromatic rings. The number of carbonyl (C=O) groups excluding carboxylic acids is 2. The highest BCUT2D eigenvalue weighted by Crippen LogP contribution is 2.70. The van der Waals surface area contributed by atoms with Gasteiger partial charge in [0.05, 0.1) is 19.8 Å². The molecule has 2 fully saturated rings. The van der Waals surface area contributed by atoms with Gasteiger partial charge in [-0.1, -0.05) is 46.3 Å². The summed E-state index contributed by atoms with van der Waals surface area (Å²) in [5.74, 6) is -0.583. The van der Waals surface area contributed by atoms with Crippen LogP contribution in [-0.4, -0.2) is 40.1 Å². The van der Waals surface area contributed by atoms with E-state index in [9.17, 15) is 9.59 Å². The summed E-state index contributed by atoms with van der Waals surface area (Å²) in [5.41, 5.74) is -0.349. The fraction of sp³-hybridized carbons (Fsp3) is 0.826. The van der Waals surface area contributed by atoms with E-state index < -0.39 is 25.7 Å². The molecule has 0 spiro atoms. The minimum absolute atomic E-state index is 0.0875. The maximum absolute atomic E-state index is 12.7. The molecule has 29 heavy (non-hydrogen) atoms. The van der Waals surface area contributed by atoms with Gasteiger partial charge in [0.2, 0.25) is 0 Å². The molecule has 3 aliphatic carbocycles. The number of carbonyl (C=O) groups is 2. The predicted molar refractivity (Wildman–Crippen MR) is 115 cm³/mol. The van der Waals surface area contributed by atoms with Crippen molar-refractivity contribution in [3.8, 4) is 0 Å². The van der Waals surface area contributed by atoms with E-state index in [4.69, 9.17) is 13.9 Å². The van der Waals surface area contributed by atoms with Crippen LogP contribution in [0, 0.1) is 22.7 Å². The Hall–Kier alpha value is -1.14. The van der Waals surface area contributed by atoms with Gasteiger partial charge >= 0.3 is 11.9 Å². The molecule has 0 aromatic heterocycles. The molecule has 0 heterocycles. The van der Waals surface area contributed by atoms with E-state index in [0.29, 0.717) is 12.8 Å². The van der Waals surface area contributed by atoms with Gasteiger partial charge in [-0.05, 0) is 49.7 Å². The summed E-state index contributed by atoms with van der Waals surface area (Å²) in [7, 11) is 0.705. The Morgan fingerprint density at radius 1 is 1.10 bits per heavy atom. The van der Waals surface area contributed by atoms with Gasteiger partial charge in [0.25, 0.3) is 0 Å². The van der Waals surface area contributed by atoms with Crippen LogP contribution < -0.4 is 0 Å². The number of hydrogen-bond donors (Lipinski definition) is 0. The third kappa shape index (κ3) is 2.88. The van der Waals surface area contributed by atoms with E-state index >= 15 is 0 Å². The molecule has 0 radical (unpaired) electrons. The lowest BCUT2D eigenvalue weighted by atomic mass is 9.45. The summed E-state index contributed by atoms with van der Waals surface area (Å²) in [6, 6.07) is 0. The van der Waals surface area contributed by atoms with Crippen molar-refractivity contribution in [2.45, 2.75) is 84.0 Å². The highest BCUT2D eigenvalue weighted by molar-refractivity contribution is 6.74. The first-order chi connectivity index (χ1) is 13.2. The van der Waals surface area contributed by atoms with Gasteiger partial charge in [-0.15, -0.1) is 0 Å². The van der Waals surface area contributed by atoms with Crippen molar-refractivity contribution in [3.63, 3.8) is 0 Å². The van der Waals surface area contributed by atoms with Crippen molar-refractivity contribution in [1.29, 1.82) is 0 Å². The number of esters is 2. The Balaban J connectivity index is 2.03. The third-order valence-electron chi connectivity index (χ3n) is 8.85. The van der Waals surface area contributed by atoms with Gasteiger partial charge in [-0.3, -0.25) is 9.59 Å². The Bertz CT molecular complexity index is 733. The molecule has 164 valence electrons.